The lowest BCUT2D eigenvalue weighted by Gasteiger charge is -2.03. The molecule has 1 aliphatic carbocycles. The van der Waals surface area contributed by atoms with Gasteiger partial charge in [0, 0.05) is 18.9 Å². The van der Waals surface area contributed by atoms with Crippen LogP contribution in [0.3, 0.4) is 0 Å². The second-order valence-electron chi connectivity index (χ2n) is 5.05. The molecule has 3 rings (SSSR count). The van der Waals surface area contributed by atoms with Gasteiger partial charge in [0.05, 0.1) is 17.9 Å². The monoisotopic (exact) mass is 275 g/mol. The number of aryl methyl sites for hydroxylation is 1. The maximum atomic E-state index is 11.7. The number of H-pyrrole nitrogens is 1. The molecular weight excluding hydrogens is 258 g/mol. The number of carbonyl (C=O) groups excluding carboxylic acids is 1. The average Bonchev–Trinajstić information content (AvgIpc) is 2.98. The van der Waals surface area contributed by atoms with Gasteiger partial charge in [-0.1, -0.05) is 0 Å². The molecule has 1 amide bonds. The Morgan fingerprint density at radius 2 is 2.40 bits per heavy atom. The standard InChI is InChI=1S/C12H17N7O/c20-12(2-1-5-19-8-14-17-18-19)13-7-10-6-11(16-15-10)9-3-4-9/h6,8-9H,1-5,7H2,(H,13,20)(H,15,16). The van der Waals surface area contributed by atoms with Gasteiger partial charge in [0.1, 0.15) is 6.33 Å². The van der Waals surface area contributed by atoms with Crippen molar-refractivity contribution in [3.8, 4) is 0 Å². The van der Waals surface area contributed by atoms with Crippen LogP contribution in [-0.4, -0.2) is 36.3 Å². The van der Waals surface area contributed by atoms with Gasteiger partial charge in [0.15, 0.2) is 0 Å². The van der Waals surface area contributed by atoms with Crippen molar-refractivity contribution >= 4 is 5.91 Å². The lowest BCUT2D eigenvalue weighted by atomic mass is 10.2. The van der Waals surface area contributed by atoms with Crippen LogP contribution in [-0.2, 0) is 17.9 Å². The molecule has 8 nitrogen and oxygen atoms in total. The van der Waals surface area contributed by atoms with Crippen molar-refractivity contribution in [3.63, 3.8) is 0 Å². The molecule has 0 bridgehead atoms. The summed E-state index contributed by atoms with van der Waals surface area (Å²) in [7, 11) is 0. The first-order valence-electron chi connectivity index (χ1n) is 6.83. The van der Waals surface area contributed by atoms with E-state index < -0.39 is 0 Å². The highest BCUT2D eigenvalue weighted by molar-refractivity contribution is 5.75. The Balaban J connectivity index is 1.35. The summed E-state index contributed by atoms with van der Waals surface area (Å²) in [6.07, 6.45) is 5.18. The minimum atomic E-state index is 0.0284. The lowest BCUT2D eigenvalue weighted by molar-refractivity contribution is -0.121. The van der Waals surface area contributed by atoms with Gasteiger partial charge in [-0.25, -0.2) is 4.68 Å². The van der Waals surface area contributed by atoms with Gasteiger partial charge < -0.3 is 5.32 Å². The van der Waals surface area contributed by atoms with E-state index in [0.717, 1.165) is 11.4 Å². The molecule has 1 saturated carbocycles. The van der Waals surface area contributed by atoms with Crippen LogP contribution in [0.15, 0.2) is 12.4 Å². The normalized spacial score (nSPS) is 14.4. The zero-order valence-corrected chi connectivity index (χ0v) is 11.1. The van der Waals surface area contributed by atoms with Crippen molar-refractivity contribution in [2.75, 3.05) is 0 Å². The van der Waals surface area contributed by atoms with Gasteiger partial charge in [0.25, 0.3) is 0 Å². The number of hydrogen-bond donors (Lipinski definition) is 2. The van der Waals surface area contributed by atoms with E-state index in [-0.39, 0.29) is 5.91 Å². The van der Waals surface area contributed by atoms with E-state index in [1.165, 1.54) is 12.8 Å². The third-order valence-corrected chi connectivity index (χ3v) is 3.30. The number of tetrazole rings is 1. The minimum absolute atomic E-state index is 0.0284. The fourth-order valence-corrected chi connectivity index (χ4v) is 2.02. The van der Waals surface area contributed by atoms with E-state index >= 15 is 0 Å². The molecule has 0 saturated heterocycles. The van der Waals surface area contributed by atoms with Crippen LogP contribution in [0.5, 0.6) is 0 Å². The summed E-state index contributed by atoms with van der Waals surface area (Å²) < 4.78 is 1.62. The fourth-order valence-electron chi connectivity index (χ4n) is 2.02. The molecule has 0 aliphatic heterocycles. The molecule has 2 heterocycles. The zero-order chi connectivity index (χ0) is 13.8. The van der Waals surface area contributed by atoms with Gasteiger partial charge in [-0.2, -0.15) is 5.10 Å². The number of aromatic amines is 1. The molecule has 1 aliphatic rings. The van der Waals surface area contributed by atoms with Crippen LogP contribution in [0, 0.1) is 0 Å². The minimum Gasteiger partial charge on any atom is -0.350 e. The Morgan fingerprint density at radius 3 is 3.15 bits per heavy atom. The number of rotatable bonds is 7. The van der Waals surface area contributed by atoms with Crippen LogP contribution >= 0.6 is 0 Å². The fraction of sp³-hybridized carbons (Fsp3) is 0.583. The van der Waals surface area contributed by atoms with E-state index in [0.29, 0.717) is 31.8 Å². The van der Waals surface area contributed by atoms with Crippen molar-refractivity contribution in [2.24, 2.45) is 0 Å². The van der Waals surface area contributed by atoms with Crippen LogP contribution in [0.1, 0.15) is 43.0 Å². The van der Waals surface area contributed by atoms with E-state index in [9.17, 15) is 4.79 Å². The first-order valence-corrected chi connectivity index (χ1v) is 6.83. The molecule has 20 heavy (non-hydrogen) atoms. The van der Waals surface area contributed by atoms with E-state index in [4.69, 9.17) is 0 Å². The summed E-state index contributed by atoms with van der Waals surface area (Å²) in [5.41, 5.74) is 2.08. The van der Waals surface area contributed by atoms with Gasteiger partial charge >= 0.3 is 0 Å². The van der Waals surface area contributed by atoms with Crippen molar-refractivity contribution in [1.82, 2.24) is 35.7 Å². The highest BCUT2D eigenvalue weighted by Crippen LogP contribution is 2.38. The molecule has 0 unspecified atom stereocenters. The van der Waals surface area contributed by atoms with Gasteiger partial charge in [-0.3, -0.25) is 9.89 Å². The molecule has 2 aromatic rings. The highest BCUT2D eigenvalue weighted by Gasteiger charge is 2.25. The Morgan fingerprint density at radius 1 is 1.50 bits per heavy atom. The smallest absolute Gasteiger partial charge is 0.220 e. The summed E-state index contributed by atoms with van der Waals surface area (Å²) in [5.74, 6) is 0.660. The lowest BCUT2D eigenvalue weighted by Crippen LogP contribution is -2.23. The zero-order valence-electron chi connectivity index (χ0n) is 11.1. The van der Waals surface area contributed by atoms with E-state index in [1.54, 1.807) is 11.0 Å². The van der Waals surface area contributed by atoms with Gasteiger partial charge in [-0.15, -0.1) is 5.10 Å². The van der Waals surface area contributed by atoms with Crippen molar-refractivity contribution in [3.05, 3.63) is 23.8 Å². The molecule has 0 atom stereocenters. The highest BCUT2D eigenvalue weighted by atomic mass is 16.1. The third-order valence-electron chi connectivity index (χ3n) is 3.30. The second kappa shape index (κ2) is 5.81. The number of carbonyl (C=O) groups is 1. The van der Waals surface area contributed by atoms with Crippen molar-refractivity contribution in [1.29, 1.82) is 0 Å². The number of hydrogen-bond acceptors (Lipinski definition) is 5. The molecule has 106 valence electrons. The quantitative estimate of drug-likeness (QED) is 0.760. The maximum Gasteiger partial charge on any atom is 0.220 e. The van der Waals surface area contributed by atoms with E-state index in [1.807, 2.05) is 6.07 Å². The topological polar surface area (TPSA) is 101 Å². The van der Waals surface area contributed by atoms with Gasteiger partial charge in [0.2, 0.25) is 5.91 Å². The predicted octanol–water partition coefficient (Wildman–Crippen LogP) is 0.370. The largest absolute Gasteiger partial charge is 0.350 e. The third kappa shape index (κ3) is 3.40. The second-order valence-corrected chi connectivity index (χ2v) is 5.05. The Labute approximate surface area is 115 Å². The first kappa shape index (κ1) is 12.8. The summed E-state index contributed by atoms with van der Waals surface area (Å²) in [4.78, 5) is 11.7. The van der Waals surface area contributed by atoms with Crippen molar-refractivity contribution in [2.45, 2.75) is 44.7 Å². The Hall–Kier alpha value is -2.25. The molecule has 0 aromatic carbocycles. The number of amides is 1. The molecule has 2 aromatic heterocycles. The molecule has 0 radical (unpaired) electrons. The molecular formula is C12H17N7O. The van der Waals surface area contributed by atoms with Crippen LogP contribution < -0.4 is 5.32 Å². The molecule has 8 heteroatoms. The summed E-state index contributed by atoms with van der Waals surface area (Å²) in [6.45, 7) is 1.15. The summed E-state index contributed by atoms with van der Waals surface area (Å²) in [5, 5.41) is 20.9. The Kier molecular flexibility index (Phi) is 3.71. The van der Waals surface area contributed by atoms with Gasteiger partial charge in [-0.05, 0) is 35.8 Å². The SMILES string of the molecule is O=C(CCCn1cnnn1)NCc1cc(C2CC2)n[nH]1. The Bertz CT molecular complexity index is 558. The van der Waals surface area contributed by atoms with Crippen LogP contribution in [0.2, 0.25) is 0 Å². The number of nitrogens with one attached hydrogen (secondary N) is 2. The molecule has 0 spiro atoms. The van der Waals surface area contributed by atoms with E-state index in [2.05, 4.69) is 31.0 Å². The summed E-state index contributed by atoms with van der Waals surface area (Å²) >= 11 is 0. The maximum absolute atomic E-state index is 11.7. The molecule has 1 fully saturated rings. The first-order chi connectivity index (χ1) is 9.81. The van der Waals surface area contributed by atoms with Crippen LogP contribution in [0.25, 0.3) is 0 Å². The van der Waals surface area contributed by atoms with Crippen LogP contribution in [0.4, 0.5) is 0 Å². The summed E-state index contributed by atoms with van der Waals surface area (Å²) in [6, 6.07) is 2.04. The predicted molar refractivity (Wildman–Crippen MR) is 69.5 cm³/mol. The number of aromatic nitrogens is 6. The number of nitrogens with zero attached hydrogens (tertiary/aromatic N) is 5. The average molecular weight is 275 g/mol. The molecule has 2 N–H and O–H groups in total. The van der Waals surface area contributed by atoms with Crippen molar-refractivity contribution < 1.29 is 4.79 Å².